The molecule has 0 amide bonds. The van der Waals surface area contributed by atoms with Crippen LogP contribution in [0.1, 0.15) is 37.8 Å². The quantitative estimate of drug-likeness (QED) is 0.329. The van der Waals surface area contributed by atoms with Crippen molar-refractivity contribution in [2.45, 2.75) is 65.0 Å². The molecule has 0 unspecified atom stereocenters. The second kappa shape index (κ2) is 12.1. The summed E-state index contributed by atoms with van der Waals surface area (Å²) >= 11 is 0. The summed E-state index contributed by atoms with van der Waals surface area (Å²) < 4.78 is 14.4. The number of ether oxygens (including phenoxy) is 2. The monoisotopic (exact) mass is 540 g/mol. The van der Waals surface area contributed by atoms with Crippen LogP contribution in [0.2, 0.25) is 0 Å². The molecule has 0 radical (unpaired) electrons. The van der Waals surface area contributed by atoms with E-state index >= 15 is 0 Å². The molecule has 2 aromatic heterocycles. The maximum Gasteiger partial charge on any atom is 0.334 e. The Morgan fingerprint density at radius 2 is 1.95 bits per heavy atom. The number of pyridine rings is 1. The number of rotatable bonds is 10. The van der Waals surface area contributed by atoms with Crippen LogP contribution in [-0.2, 0) is 39.2 Å². The third kappa shape index (κ3) is 6.55. The fourth-order valence-corrected chi connectivity index (χ4v) is 4.88. The van der Waals surface area contributed by atoms with Crippen molar-refractivity contribution < 1.29 is 29.3 Å². The van der Waals surface area contributed by atoms with Crippen molar-refractivity contribution in [3.8, 4) is 11.4 Å². The minimum absolute atomic E-state index is 0.0618. The van der Waals surface area contributed by atoms with Crippen LogP contribution in [-0.4, -0.2) is 67.7 Å². The third-order valence-corrected chi connectivity index (χ3v) is 6.92. The predicted octanol–water partition coefficient (Wildman–Crippen LogP) is 1.99. The normalized spacial score (nSPS) is 15.9. The maximum atomic E-state index is 12.4. The number of carboxylic acid groups (broad SMARTS) is 1. The van der Waals surface area contributed by atoms with Gasteiger partial charge in [-0.1, -0.05) is 6.07 Å². The first-order valence-corrected chi connectivity index (χ1v) is 13.1. The van der Waals surface area contributed by atoms with Crippen LogP contribution in [0.15, 0.2) is 35.3 Å². The van der Waals surface area contributed by atoms with Gasteiger partial charge in [0, 0.05) is 50.7 Å². The molecule has 1 fully saturated rings. The minimum atomic E-state index is -1.96. The zero-order valence-electron chi connectivity index (χ0n) is 22.7. The van der Waals surface area contributed by atoms with Crippen LogP contribution in [0.3, 0.4) is 0 Å². The molecule has 1 saturated heterocycles. The van der Waals surface area contributed by atoms with E-state index in [0.717, 1.165) is 60.6 Å². The number of aliphatic carboxylic acids is 1. The summed E-state index contributed by atoms with van der Waals surface area (Å²) in [5, 5.41) is 22.2. The highest BCUT2D eigenvalue weighted by atomic mass is 16.5. The molecular weight excluding hydrogens is 504 g/mol. The van der Waals surface area contributed by atoms with E-state index in [2.05, 4.69) is 9.88 Å². The Morgan fingerprint density at radius 3 is 2.59 bits per heavy atom. The van der Waals surface area contributed by atoms with Gasteiger partial charge in [-0.3, -0.25) is 14.9 Å². The smallest absolute Gasteiger partial charge is 0.334 e. The first-order chi connectivity index (χ1) is 18.5. The van der Waals surface area contributed by atoms with Gasteiger partial charge in [0.05, 0.1) is 17.1 Å². The largest absolute Gasteiger partial charge is 0.479 e. The van der Waals surface area contributed by atoms with Gasteiger partial charge in [0.15, 0.2) is 6.10 Å². The highest BCUT2D eigenvalue weighted by molar-refractivity contribution is 5.85. The molecule has 3 N–H and O–H groups in total. The van der Waals surface area contributed by atoms with Crippen molar-refractivity contribution in [1.29, 1.82) is 0 Å². The molecule has 0 spiro atoms. The fraction of sp³-hybridized carbons (Fsp3) is 0.500. The Balaban J connectivity index is 1.68. The van der Waals surface area contributed by atoms with E-state index in [9.17, 15) is 24.6 Å². The predicted molar refractivity (Wildman–Crippen MR) is 144 cm³/mol. The van der Waals surface area contributed by atoms with Gasteiger partial charge in [-0.15, -0.1) is 0 Å². The molecule has 0 bridgehead atoms. The molecule has 1 aliphatic heterocycles. The molecule has 11 nitrogen and oxygen atoms in total. The van der Waals surface area contributed by atoms with Gasteiger partial charge in [0.25, 0.3) is 5.56 Å². The average molecular weight is 541 g/mol. The third-order valence-electron chi connectivity index (χ3n) is 6.92. The van der Waals surface area contributed by atoms with Gasteiger partial charge in [0.1, 0.15) is 11.9 Å². The number of aliphatic hydroxyl groups is 1. The number of carbonyl (C=O) groups excluding carboxylic acids is 1. The molecule has 1 aliphatic rings. The highest BCUT2D eigenvalue weighted by Crippen LogP contribution is 2.29. The molecule has 3 aromatic rings. The van der Waals surface area contributed by atoms with E-state index < -0.39 is 30.2 Å². The number of imidazole rings is 1. The van der Waals surface area contributed by atoms with Crippen LogP contribution < -0.4 is 10.9 Å². The van der Waals surface area contributed by atoms with Gasteiger partial charge in [-0.25, -0.2) is 9.78 Å². The van der Waals surface area contributed by atoms with E-state index in [0.29, 0.717) is 11.5 Å². The van der Waals surface area contributed by atoms with Crippen LogP contribution in [0.4, 0.5) is 0 Å². The second-order valence-electron chi connectivity index (χ2n) is 10.4. The van der Waals surface area contributed by atoms with Gasteiger partial charge < -0.3 is 28.8 Å². The number of fused-ring (bicyclic) bond motifs is 1. The molecule has 1 aromatic carbocycles. The number of aliphatic hydroxyl groups excluding tert-OH is 1. The number of esters is 1. The minimum Gasteiger partial charge on any atom is -0.479 e. The Hall–Kier alpha value is -3.54. The zero-order valence-corrected chi connectivity index (χ0v) is 22.7. The number of hydrogen-bond acceptors (Lipinski definition) is 8. The summed E-state index contributed by atoms with van der Waals surface area (Å²) in [5.74, 6) is -1.18. The van der Waals surface area contributed by atoms with Gasteiger partial charge >= 0.3 is 11.9 Å². The first-order valence-electron chi connectivity index (χ1n) is 13.1. The van der Waals surface area contributed by atoms with Gasteiger partial charge in [0.2, 0.25) is 0 Å². The number of aromatic nitrogens is 3. The molecule has 3 heterocycles. The standard InChI is InChI=1S/C28H36N4O7/c1-16(2)39-28(37)23(24(33)27(35)36)29-13-19-5-6-22-21(12-19)30-25(20-11-17(3)26(34)31(4)15-20)32(22)14-18-7-9-38-10-8-18/h5-6,11-12,15-16,18,23-24,29,33H,7-10,13-14H2,1-4H3,(H,35,36)/t23-,24+/m0/s1. The number of benzene rings is 1. The van der Waals surface area contributed by atoms with Gasteiger partial charge in [-0.05, 0) is 63.3 Å². The average Bonchev–Trinajstić information content (AvgIpc) is 3.24. The van der Waals surface area contributed by atoms with Crippen LogP contribution in [0, 0.1) is 12.8 Å². The number of carbonyl (C=O) groups is 2. The molecule has 210 valence electrons. The fourth-order valence-electron chi connectivity index (χ4n) is 4.88. The first kappa shape index (κ1) is 28.5. The number of carboxylic acids is 1. The Morgan fingerprint density at radius 1 is 1.23 bits per heavy atom. The van der Waals surface area contributed by atoms with Crippen molar-refractivity contribution in [2.75, 3.05) is 13.2 Å². The number of hydrogen-bond donors (Lipinski definition) is 3. The maximum absolute atomic E-state index is 12.4. The number of nitrogens with one attached hydrogen (secondary N) is 1. The summed E-state index contributed by atoms with van der Waals surface area (Å²) in [5.41, 5.74) is 3.80. The Labute approximate surface area is 226 Å². The van der Waals surface area contributed by atoms with Crippen molar-refractivity contribution in [3.05, 3.63) is 51.9 Å². The van der Waals surface area contributed by atoms with Crippen molar-refractivity contribution in [3.63, 3.8) is 0 Å². The second-order valence-corrected chi connectivity index (χ2v) is 10.4. The van der Waals surface area contributed by atoms with Crippen molar-refractivity contribution in [2.24, 2.45) is 13.0 Å². The van der Waals surface area contributed by atoms with E-state index in [-0.39, 0.29) is 12.1 Å². The lowest BCUT2D eigenvalue weighted by Gasteiger charge is -2.23. The van der Waals surface area contributed by atoms with Crippen molar-refractivity contribution >= 4 is 23.0 Å². The summed E-state index contributed by atoms with van der Waals surface area (Å²) in [6.07, 6.45) is 1.27. The number of aryl methyl sites for hydroxylation is 2. The molecule has 0 aliphatic carbocycles. The van der Waals surface area contributed by atoms with Crippen LogP contribution in [0.5, 0.6) is 0 Å². The lowest BCUT2D eigenvalue weighted by molar-refractivity contribution is -0.161. The zero-order chi connectivity index (χ0) is 28.3. The SMILES string of the molecule is Cc1cc(-c2nc3cc(CN[C@H](C(=O)OC(C)C)[C@@H](O)C(=O)O)ccc3n2CC2CCOCC2)cn(C)c1=O. The highest BCUT2D eigenvalue weighted by Gasteiger charge is 2.33. The summed E-state index contributed by atoms with van der Waals surface area (Å²) in [6, 6.07) is 6.12. The topological polar surface area (TPSA) is 145 Å². The summed E-state index contributed by atoms with van der Waals surface area (Å²) in [6.45, 7) is 7.40. The van der Waals surface area contributed by atoms with Crippen LogP contribution in [0.25, 0.3) is 22.4 Å². The molecule has 4 rings (SSSR count). The lowest BCUT2D eigenvalue weighted by atomic mass is 10.00. The summed E-state index contributed by atoms with van der Waals surface area (Å²) in [7, 11) is 1.72. The molecule has 2 atom stereocenters. The lowest BCUT2D eigenvalue weighted by Crippen LogP contribution is -2.50. The van der Waals surface area contributed by atoms with Gasteiger partial charge in [-0.2, -0.15) is 0 Å². The van der Waals surface area contributed by atoms with E-state index in [4.69, 9.17) is 14.5 Å². The van der Waals surface area contributed by atoms with E-state index in [1.54, 1.807) is 38.6 Å². The van der Waals surface area contributed by atoms with E-state index in [1.807, 2.05) is 24.3 Å². The molecular formula is C28H36N4O7. The Bertz CT molecular complexity index is 1380. The summed E-state index contributed by atoms with van der Waals surface area (Å²) in [4.78, 5) is 41.1. The Kier molecular flexibility index (Phi) is 8.83. The van der Waals surface area contributed by atoms with Crippen molar-refractivity contribution in [1.82, 2.24) is 19.4 Å². The van der Waals surface area contributed by atoms with E-state index in [1.165, 1.54) is 0 Å². The number of nitrogens with zero attached hydrogens (tertiary/aromatic N) is 3. The van der Waals surface area contributed by atoms with Crippen LogP contribution >= 0.6 is 0 Å². The molecule has 0 saturated carbocycles. The molecule has 39 heavy (non-hydrogen) atoms. The molecule has 11 heteroatoms.